The molecule has 0 bridgehead atoms. The van der Waals surface area contributed by atoms with E-state index in [1.54, 1.807) is 0 Å². The lowest BCUT2D eigenvalue weighted by Crippen LogP contribution is -2.18. The molecule has 0 aromatic heterocycles. The van der Waals surface area contributed by atoms with Crippen molar-refractivity contribution in [3.05, 3.63) is 11.3 Å². The number of allylic oxidation sites excluding steroid dienone is 1. The van der Waals surface area contributed by atoms with Crippen LogP contribution in [-0.2, 0) is 4.74 Å². The molecule has 0 spiro atoms. The van der Waals surface area contributed by atoms with Gasteiger partial charge in [0, 0.05) is 5.41 Å². The Morgan fingerprint density at radius 3 is 2.09 bits per heavy atom. The third kappa shape index (κ3) is 1.42. The van der Waals surface area contributed by atoms with E-state index in [0.717, 1.165) is 12.4 Å². The summed E-state index contributed by atoms with van der Waals surface area (Å²) in [7, 11) is 0. The molecule has 1 heterocycles. The van der Waals surface area contributed by atoms with Gasteiger partial charge in [0.15, 0.2) is 0 Å². The molecule has 0 N–H and O–H groups in total. The van der Waals surface area contributed by atoms with Gasteiger partial charge in [-0.2, -0.15) is 0 Å². The maximum atomic E-state index is 5.52. The molecule has 1 nitrogen and oxygen atoms in total. The van der Waals surface area contributed by atoms with Crippen LogP contribution in [0.3, 0.4) is 0 Å². The quantitative estimate of drug-likeness (QED) is 0.564. The van der Waals surface area contributed by atoms with Gasteiger partial charge in [0.05, 0.1) is 12.4 Å². The molecule has 1 rings (SSSR count). The highest BCUT2D eigenvalue weighted by Gasteiger charge is 2.33. The van der Waals surface area contributed by atoms with Gasteiger partial charge < -0.3 is 4.74 Å². The second-order valence-corrected chi connectivity index (χ2v) is 4.30. The summed E-state index contributed by atoms with van der Waals surface area (Å²) < 4.78 is 5.52. The summed E-state index contributed by atoms with van der Waals surface area (Å²) >= 11 is 0. The van der Waals surface area contributed by atoms with Gasteiger partial charge in [0.2, 0.25) is 0 Å². The topological polar surface area (TPSA) is 9.23 Å². The van der Waals surface area contributed by atoms with Crippen LogP contribution in [0.1, 0.15) is 34.6 Å². The molecular formula is C10H18O. The van der Waals surface area contributed by atoms with Crippen LogP contribution in [0.15, 0.2) is 11.3 Å². The van der Waals surface area contributed by atoms with E-state index in [-0.39, 0.29) is 5.41 Å². The predicted molar refractivity (Wildman–Crippen MR) is 47.3 cm³/mol. The average Bonchev–Trinajstić information content (AvgIpc) is 2.06. The second kappa shape index (κ2) is 2.54. The van der Waals surface area contributed by atoms with Crippen molar-refractivity contribution < 1.29 is 4.74 Å². The van der Waals surface area contributed by atoms with Crippen LogP contribution in [0.25, 0.3) is 0 Å². The number of ether oxygens (including phenoxy) is 1. The first-order valence-electron chi connectivity index (χ1n) is 4.29. The van der Waals surface area contributed by atoms with Gasteiger partial charge in [0.1, 0.15) is 0 Å². The Kier molecular flexibility index (Phi) is 2.00. The zero-order valence-electron chi connectivity index (χ0n) is 8.19. The fraction of sp³-hybridized carbons (Fsp3) is 0.800. The van der Waals surface area contributed by atoms with Gasteiger partial charge in [0.25, 0.3) is 0 Å². The van der Waals surface area contributed by atoms with Crippen molar-refractivity contribution in [2.75, 3.05) is 6.61 Å². The minimum atomic E-state index is 0.262. The smallest absolute Gasteiger partial charge is 0.0966 e. The van der Waals surface area contributed by atoms with Crippen molar-refractivity contribution in [3.63, 3.8) is 0 Å². The van der Waals surface area contributed by atoms with E-state index in [9.17, 15) is 0 Å². The molecule has 0 radical (unpaired) electrons. The Bertz CT molecular complexity index is 187. The predicted octanol–water partition coefficient (Wildman–Crippen LogP) is 2.97. The van der Waals surface area contributed by atoms with Gasteiger partial charge in [-0.3, -0.25) is 0 Å². The monoisotopic (exact) mass is 154 g/mol. The number of rotatable bonds is 1. The molecule has 0 fully saturated rings. The van der Waals surface area contributed by atoms with E-state index < -0.39 is 0 Å². The summed E-state index contributed by atoms with van der Waals surface area (Å²) in [5.74, 6) is 1.76. The average molecular weight is 154 g/mol. The first-order valence-corrected chi connectivity index (χ1v) is 4.29. The van der Waals surface area contributed by atoms with E-state index >= 15 is 0 Å². The molecule has 0 amide bonds. The minimum absolute atomic E-state index is 0.262. The van der Waals surface area contributed by atoms with Crippen molar-refractivity contribution in [2.45, 2.75) is 34.6 Å². The van der Waals surface area contributed by atoms with Crippen molar-refractivity contribution in [3.8, 4) is 0 Å². The molecule has 64 valence electrons. The standard InChI is InChI=1S/C10H18O/c1-7(2)9-8(3)11-6-10(9,4)5/h7H,6H2,1-5H3. The van der Waals surface area contributed by atoms with E-state index in [2.05, 4.69) is 34.6 Å². The van der Waals surface area contributed by atoms with Crippen molar-refractivity contribution in [2.24, 2.45) is 11.3 Å². The van der Waals surface area contributed by atoms with Crippen LogP contribution in [0, 0.1) is 11.3 Å². The molecule has 1 aliphatic rings. The normalized spacial score (nSPS) is 22.7. The van der Waals surface area contributed by atoms with Gasteiger partial charge >= 0.3 is 0 Å². The van der Waals surface area contributed by atoms with Gasteiger partial charge in [-0.1, -0.05) is 27.7 Å². The van der Waals surface area contributed by atoms with E-state index in [1.807, 2.05) is 0 Å². The van der Waals surface area contributed by atoms with Gasteiger partial charge in [-0.25, -0.2) is 0 Å². The molecule has 0 atom stereocenters. The Hall–Kier alpha value is -0.460. The fourth-order valence-corrected chi connectivity index (χ4v) is 2.11. The summed E-state index contributed by atoms with van der Waals surface area (Å²) in [5.41, 5.74) is 1.75. The molecule has 1 aliphatic heterocycles. The molecule has 0 aromatic rings. The van der Waals surface area contributed by atoms with E-state index in [1.165, 1.54) is 5.57 Å². The zero-order valence-corrected chi connectivity index (χ0v) is 8.19. The Morgan fingerprint density at radius 1 is 1.36 bits per heavy atom. The van der Waals surface area contributed by atoms with Crippen molar-refractivity contribution in [1.29, 1.82) is 0 Å². The Morgan fingerprint density at radius 2 is 1.91 bits per heavy atom. The lowest BCUT2D eigenvalue weighted by molar-refractivity contribution is 0.185. The van der Waals surface area contributed by atoms with Gasteiger partial charge in [-0.05, 0) is 18.4 Å². The molecule has 0 saturated carbocycles. The summed E-state index contributed by atoms with van der Waals surface area (Å²) in [6.45, 7) is 11.9. The first kappa shape index (κ1) is 8.63. The van der Waals surface area contributed by atoms with Crippen molar-refractivity contribution >= 4 is 0 Å². The maximum Gasteiger partial charge on any atom is 0.0966 e. The number of hydrogen-bond acceptors (Lipinski definition) is 1. The van der Waals surface area contributed by atoms with Crippen molar-refractivity contribution in [1.82, 2.24) is 0 Å². The molecule has 0 aliphatic carbocycles. The molecule has 1 heteroatoms. The lowest BCUT2D eigenvalue weighted by atomic mass is 9.80. The van der Waals surface area contributed by atoms with Crippen LogP contribution >= 0.6 is 0 Å². The Labute approximate surface area is 69.4 Å². The second-order valence-electron chi connectivity index (χ2n) is 4.30. The van der Waals surface area contributed by atoms with Crippen LogP contribution < -0.4 is 0 Å². The zero-order chi connectivity index (χ0) is 8.65. The highest BCUT2D eigenvalue weighted by Crippen LogP contribution is 2.40. The third-order valence-electron chi connectivity index (χ3n) is 2.34. The summed E-state index contributed by atoms with van der Waals surface area (Å²) in [6, 6.07) is 0. The van der Waals surface area contributed by atoms with Crippen LogP contribution in [0.4, 0.5) is 0 Å². The maximum absolute atomic E-state index is 5.52. The largest absolute Gasteiger partial charge is 0.497 e. The highest BCUT2D eigenvalue weighted by molar-refractivity contribution is 5.21. The van der Waals surface area contributed by atoms with Gasteiger partial charge in [-0.15, -0.1) is 0 Å². The highest BCUT2D eigenvalue weighted by atomic mass is 16.5. The lowest BCUT2D eigenvalue weighted by Gasteiger charge is -2.22. The molecule has 0 unspecified atom stereocenters. The van der Waals surface area contributed by atoms with E-state index in [0.29, 0.717) is 5.92 Å². The molecule has 0 aromatic carbocycles. The summed E-state index contributed by atoms with van der Waals surface area (Å²) in [5, 5.41) is 0. The molecule has 0 saturated heterocycles. The van der Waals surface area contributed by atoms with Crippen LogP contribution in [0.5, 0.6) is 0 Å². The third-order valence-corrected chi connectivity index (χ3v) is 2.34. The summed E-state index contributed by atoms with van der Waals surface area (Å²) in [6.07, 6.45) is 0. The Balaban J connectivity index is 2.95. The SMILES string of the molecule is CC1=C(C(C)C)C(C)(C)CO1. The van der Waals surface area contributed by atoms with Crippen LogP contribution in [-0.4, -0.2) is 6.61 Å². The minimum Gasteiger partial charge on any atom is -0.497 e. The number of hydrogen-bond donors (Lipinski definition) is 0. The molecule has 11 heavy (non-hydrogen) atoms. The molecular weight excluding hydrogens is 136 g/mol. The summed E-state index contributed by atoms with van der Waals surface area (Å²) in [4.78, 5) is 0. The fourth-order valence-electron chi connectivity index (χ4n) is 2.11. The van der Waals surface area contributed by atoms with Crippen LogP contribution in [0.2, 0.25) is 0 Å². The first-order chi connectivity index (χ1) is 4.95. The van der Waals surface area contributed by atoms with E-state index in [4.69, 9.17) is 4.74 Å².